The molecule has 0 aliphatic rings. The zero-order chi connectivity index (χ0) is 17.9. The monoisotopic (exact) mass is 341 g/mol. The molecular formula is C23H19NO2. The van der Waals surface area contributed by atoms with Gasteiger partial charge in [-0.2, -0.15) is 0 Å². The van der Waals surface area contributed by atoms with Crippen molar-refractivity contribution in [2.45, 2.75) is 13.0 Å². The molecule has 0 saturated carbocycles. The summed E-state index contributed by atoms with van der Waals surface area (Å²) in [4.78, 5) is 12.7. The summed E-state index contributed by atoms with van der Waals surface area (Å²) < 4.78 is 5.48. The van der Waals surface area contributed by atoms with E-state index in [4.69, 9.17) is 4.42 Å². The van der Waals surface area contributed by atoms with E-state index < -0.39 is 0 Å². The van der Waals surface area contributed by atoms with Crippen LogP contribution in [-0.4, -0.2) is 5.91 Å². The van der Waals surface area contributed by atoms with Gasteiger partial charge in [0.25, 0.3) is 5.91 Å². The quantitative estimate of drug-likeness (QED) is 0.526. The van der Waals surface area contributed by atoms with Gasteiger partial charge in [-0.05, 0) is 41.0 Å². The second kappa shape index (κ2) is 6.89. The summed E-state index contributed by atoms with van der Waals surface area (Å²) in [6.07, 6.45) is 1.55. The number of hydrogen-bond acceptors (Lipinski definition) is 2. The molecule has 1 heterocycles. The van der Waals surface area contributed by atoms with Crippen molar-refractivity contribution in [3.05, 3.63) is 96.4 Å². The van der Waals surface area contributed by atoms with E-state index in [1.165, 1.54) is 5.39 Å². The Morgan fingerprint density at radius 2 is 1.62 bits per heavy atom. The van der Waals surface area contributed by atoms with Crippen molar-refractivity contribution in [2.24, 2.45) is 0 Å². The Bertz CT molecular complexity index is 1050. The van der Waals surface area contributed by atoms with Gasteiger partial charge < -0.3 is 9.73 Å². The molecular weight excluding hydrogens is 322 g/mol. The first kappa shape index (κ1) is 16.2. The fourth-order valence-electron chi connectivity index (χ4n) is 3.15. The van der Waals surface area contributed by atoms with Crippen molar-refractivity contribution in [3.63, 3.8) is 0 Å². The van der Waals surface area contributed by atoms with Crippen LogP contribution in [-0.2, 0) is 0 Å². The Hall–Kier alpha value is -3.33. The molecule has 0 aliphatic heterocycles. The van der Waals surface area contributed by atoms with Crippen LogP contribution >= 0.6 is 0 Å². The van der Waals surface area contributed by atoms with Crippen molar-refractivity contribution in [3.8, 4) is 11.1 Å². The molecule has 128 valence electrons. The van der Waals surface area contributed by atoms with Crippen molar-refractivity contribution < 1.29 is 9.21 Å². The molecule has 1 aromatic heterocycles. The molecule has 4 rings (SSSR count). The highest BCUT2D eigenvalue weighted by Crippen LogP contribution is 2.26. The number of carbonyl (C=O) groups excluding carboxylic acids is 1. The molecule has 4 aromatic rings. The average Bonchev–Trinajstić information content (AvgIpc) is 3.18. The molecule has 0 radical (unpaired) electrons. The van der Waals surface area contributed by atoms with Crippen LogP contribution in [0.4, 0.5) is 0 Å². The topological polar surface area (TPSA) is 42.2 Å². The number of fused-ring (bicyclic) bond motifs is 1. The number of rotatable bonds is 4. The van der Waals surface area contributed by atoms with Gasteiger partial charge in [0.1, 0.15) is 0 Å². The molecule has 26 heavy (non-hydrogen) atoms. The zero-order valence-corrected chi connectivity index (χ0v) is 14.5. The fourth-order valence-corrected chi connectivity index (χ4v) is 3.15. The molecule has 0 aliphatic carbocycles. The minimum Gasteiger partial charge on any atom is -0.459 e. The summed E-state index contributed by atoms with van der Waals surface area (Å²) >= 11 is 0. The number of amides is 1. The summed E-state index contributed by atoms with van der Waals surface area (Å²) in [5, 5.41) is 5.39. The second-order valence-electron chi connectivity index (χ2n) is 6.33. The van der Waals surface area contributed by atoms with Crippen LogP contribution in [0, 0.1) is 0 Å². The third kappa shape index (κ3) is 3.11. The highest BCUT2D eigenvalue weighted by Gasteiger charge is 2.19. The summed E-state index contributed by atoms with van der Waals surface area (Å²) in [5.74, 6) is 0.123. The number of furan rings is 1. The third-order valence-corrected chi connectivity index (χ3v) is 4.58. The maximum absolute atomic E-state index is 12.7. The molecule has 0 fully saturated rings. The van der Waals surface area contributed by atoms with E-state index in [9.17, 15) is 4.79 Å². The minimum atomic E-state index is -0.213. The number of nitrogens with one attached hydrogen (secondary N) is 1. The van der Waals surface area contributed by atoms with E-state index >= 15 is 0 Å². The van der Waals surface area contributed by atoms with Crippen molar-refractivity contribution in [1.29, 1.82) is 0 Å². The lowest BCUT2D eigenvalue weighted by Crippen LogP contribution is -2.26. The molecule has 3 aromatic carbocycles. The van der Waals surface area contributed by atoms with Crippen LogP contribution in [0.15, 0.2) is 89.5 Å². The zero-order valence-electron chi connectivity index (χ0n) is 14.5. The average molecular weight is 341 g/mol. The lowest BCUT2D eigenvalue weighted by Gasteiger charge is -2.15. The summed E-state index contributed by atoms with van der Waals surface area (Å²) in [7, 11) is 0. The Morgan fingerprint density at radius 1 is 0.885 bits per heavy atom. The smallest absolute Gasteiger partial charge is 0.288 e. The molecule has 0 spiro atoms. The highest BCUT2D eigenvalue weighted by atomic mass is 16.3. The predicted molar refractivity (Wildman–Crippen MR) is 104 cm³/mol. The standard InChI is InChI=1S/C23H19NO2/c1-16(19-12-11-17-7-5-6-10-20(17)15-19)24-23(25)22-21(13-14-26-22)18-8-3-2-4-9-18/h2-16H,1H3,(H,24,25)/t16-/m0/s1. The van der Waals surface area contributed by atoms with Gasteiger partial charge in [0.15, 0.2) is 5.76 Å². The van der Waals surface area contributed by atoms with Crippen LogP contribution in [0.2, 0.25) is 0 Å². The summed E-state index contributed by atoms with van der Waals surface area (Å²) in [6, 6.07) is 25.9. The van der Waals surface area contributed by atoms with Gasteiger partial charge in [0.05, 0.1) is 12.3 Å². The largest absolute Gasteiger partial charge is 0.459 e. The van der Waals surface area contributed by atoms with Gasteiger partial charge >= 0.3 is 0 Å². The van der Waals surface area contributed by atoms with Gasteiger partial charge in [0, 0.05) is 5.56 Å². The first-order chi connectivity index (χ1) is 12.7. The Kier molecular flexibility index (Phi) is 4.28. The van der Waals surface area contributed by atoms with E-state index in [1.54, 1.807) is 6.26 Å². The van der Waals surface area contributed by atoms with Gasteiger partial charge in [-0.25, -0.2) is 0 Å². The van der Waals surface area contributed by atoms with E-state index in [0.717, 1.165) is 22.1 Å². The molecule has 1 amide bonds. The molecule has 0 saturated heterocycles. The SMILES string of the molecule is C[C@H](NC(=O)c1occc1-c1ccccc1)c1ccc2ccccc2c1. The van der Waals surface area contributed by atoms with Crippen LogP contribution in [0.3, 0.4) is 0 Å². The molecule has 1 N–H and O–H groups in total. The van der Waals surface area contributed by atoms with Crippen LogP contribution in [0.5, 0.6) is 0 Å². The maximum Gasteiger partial charge on any atom is 0.288 e. The van der Waals surface area contributed by atoms with Crippen LogP contribution in [0.25, 0.3) is 21.9 Å². The van der Waals surface area contributed by atoms with E-state index in [-0.39, 0.29) is 11.9 Å². The first-order valence-corrected chi connectivity index (χ1v) is 8.65. The summed E-state index contributed by atoms with van der Waals surface area (Å²) in [6.45, 7) is 1.98. The molecule has 0 unspecified atom stereocenters. The normalized spacial score (nSPS) is 12.0. The van der Waals surface area contributed by atoms with Crippen molar-refractivity contribution in [2.75, 3.05) is 0 Å². The third-order valence-electron chi connectivity index (χ3n) is 4.58. The van der Waals surface area contributed by atoms with E-state index in [2.05, 4.69) is 29.6 Å². The molecule has 0 bridgehead atoms. The highest BCUT2D eigenvalue weighted by molar-refractivity contribution is 5.98. The van der Waals surface area contributed by atoms with Gasteiger partial charge in [-0.1, -0.05) is 66.7 Å². The van der Waals surface area contributed by atoms with E-state index in [1.807, 2.05) is 61.5 Å². The van der Waals surface area contributed by atoms with Crippen LogP contribution < -0.4 is 5.32 Å². The minimum absolute atomic E-state index is 0.124. The van der Waals surface area contributed by atoms with Crippen molar-refractivity contribution >= 4 is 16.7 Å². The van der Waals surface area contributed by atoms with Crippen molar-refractivity contribution in [1.82, 2.24) is 5.32 Å². The van der Waals surface area contributed by atoms with Crippen LogP contribution in [0.1, 0.15) is 29.1 Å². The van der Waals surface area contributed by atoms with Gasteiger partial charge in [0.2, 0.25) is 0 Å². The van der Waals surface area contributed by atoms with E-state index in [0.29, 0.717) is 5.76 Å². The number of benzene rings is 3. The number of carbonyl (C=O) groups is 1. The fraction of sp³-hybridized carbons (Fsp3) is 0.0870. The van der Waals surface area contributed by atoms with Gasteiger partial charge in [-0.15, -0.1) is 0 Å². The Labute approximate surface area is 152 Å². The number of hydrogen-bond donors (Lipinski definition) is 1. The lowest BCUT2D eigenvalue weighted by atomic mass is 10.0. The molecule has 3 heteroatoms. The molecule has 1 atom stereocenters. The Morgan fingerprint density at radius 3 is 2.42 bits per heavy atom. The predicted octanol–water partition coefficient (Wildman–Crippen LogP) is 5.59. The maximum atomic E-state index is 12.7. The summed E-state index contributed by atoms with van der Waals surface area (Å²) in [5.41, 5.74) is 2.82. The Balaban J connectivity index is 1.57. The first-order valence-electron chi connectivity index (χ1n) is 8.65. The molecule has 3 nitrogen and oxygen atoms in total. The van der Waals surface area contributed by atoms with Gasteiger partial charge in [-0.3, -0.25) is 4.79 Å². The second-order valence-corrected chi connectivity index (χ2v) is 6.33. The lowest BCUT2D eigenvalue weighted by molar-refractivity contribution is 0.0913.